The maximum Gasteiger partial charge on any atom is 0.376 e. The van der Waals surface area contributed by atoms with E-state index in [1.165, 1.54) is 10.6 Å². The Labute approximate surface area is 166 Å². The van der Waals surface area contributed by atoms with E-state index in [0.717, 1.165) is 11.1 Å². The number of hydrogen-bond acceptors (Lipinski definition) is 5. The fourth-order valence-corrected chi connectivity index (χ4v) is 3.30. The van der Waals surface area contributed by atoms with Crippen molar-refractivity contribution in [2.75, 3.05) is 5.32 Å². The van der Waals surface area contributed by atoms with Crippen LogP contribution in [-0.2, 0) is 6.42 Å². The number of nitrogens with zero attached hydrogens (tertiary/aromatic N) is 3. The van der Waals surface area contributed by atoms with E-state index in [4.69, 9.17) is 0 Å². The van der Waals surface area contributed by atoms with Gasteiger partial charge in [-0.3, -0.25) is 19.3 Å². The smallest absolute Gasteiger partial charge is 0.357 e. The molecule has 0 radical (unpaired) electrons. The van der Waals surface area contributed by atoms with Gasteiger partial charge in [0.1, 0.15) is 5.65 Å². The lowest BCUT2D eigenvalue weighted by atomic mass is 9.99. The van der Waals surface area contributed by atoms with Gasteiger partial charge in [0.2, 0.25) is 5.82 Å². The second-order valence-corrected chi connectivity index (χ2v) is 6.60. The molecule has 7 nitrogen and oxygen atoms in total. The van der Waals surface area contributed by atoms with Gasteiger partial charge >= 0.3 is 11.2 Å². The first-order valence-corrected chi connectivity index (χ1v) is 9.14. The molecule has 0 saturated carbocycles. The third kappa shape index (κ3) is 3.84. The highest BCUT2D eigenvalue weighted by molar-refractivity contribution is 5.60. The summed E-state index contributed by atoms with van der Waals surface area (Å²) in [5.41, 5.74) is 1.07. The van der Waals surface area contributed by atoms with Crippen LogP contribution in [0.25, 0.3) is 5.65 Å². The molecule has 7 heteroatoms. The molecule has 0 saturated heterocycles. The average molecular weight is 386 g/mol. The summed E-state index contributed by atoms with van der Waals surface area (Å²) >= 11 is 0. The van der Waals surface area contributed by atoms with Gasteiger partial charge in [0.05, 0.1) is 11.0 Å². The summed E-state index contributed by atoms with van der Waals surface area (Å²) in [6.07, 6.45) is 2.05. The average Bonchev–Trinajstić information content (AvgIpc) is 2.74. The summed E-state index contributed by atoms with van der Waals surface area (Å²) in [6.45, 7) is 0. The van der Waals surface area contributed by atoms with Crippen LogP contribution in [-0.4, -0.2) is 14.3 Å². The minimum absolute atomic E-state index is 0.0315. The van der Waals surface area contributed by atoms with E-state index in [1.54, 1.807) is 18.2 Å². The van der Waals surface area contributed by atoms with Crippen LogP contribution in [0.15, 0.2) is 89.9 Å². The number of aromatic nitrogens is 2. The third-order valence-electron chi connectivity index (χ3n) is 4.69. The summed E-state index contributed by atoms with van der Waals surface area (Å²) in [4.78, 5) is 28.1. The van der Waals surface area contributed by atoms with Gasteiger partial charge in [0, 0.05) is 6.20 Å². The van der Waals surface area contributed by atoms with Crippen molar-refractivity contribution in [2.45, 2.75) is 12.5 Å². The fourth-order valence-electron chi connectivity index (χ4n) is 3.30. The molecule has 0 unspecified atom stereocenters. The molecule has 144 valence electrons. The van der Waals surface area contributed by atoms with Crippen LogP contribution in [0.5, 0.6) is 0 Å². The molecule has 0 aliphatic carbocycles. The zero-order chi connectivity index (χ0) is 20.2. The normalized spacial score (nSPS) is 11.9. The first-order valence-electron chi connectivity index (χ1n) is 9.14. The lowest BCUT2D eigenvalue weighted by Crippen LogP contribution is -2.23. The number of benzene rings is 2. The quantitative estimate of drug-likeness (QED) is 0.400. The van der Waals surface area contributed by atoms with Gasteiger partial charge in [0.15, 0.2) is 0 Å². The van der Waals surface area contributed by atoms with E-state index in [2.05, 4.69) is 10.3 Å². The van der Waals surface area contributed by atoms with Gasteiger partial charge in [0.25, 0.3) is 0 Å². The molecule has 2 heterocycles. The summed E-state index contributed by atoms with van der Waals surface area (Å²) in [5, 5.41) is 14.8. The molecule has 0 fully saturated rings. The Bertz CT molecular complexity index is 1210. The minimum atomic E-state index is -0.713. The Morgan fingerprint density at radius 2 is 1.62 bits per heavy atom. The van der Waals surface area contributed by atoms with E-state index in [9.17, 15) is 14.9 Å². The lowest BCUT2D eigenvalue weighted by molar-refractivity contribution is -0.385. The van der Waals surface area contributed by atoms with Crippen molar-refractivity contribution < 1.29 is 4.92 Å². The molecule has 0 bridgehead atoms. The Balaban J connectivity index is 1.81. The van der Waals surface area contributed by atoms with Crippen molar-refractivity contribution in [3.8, 4) is 0 Å². The van der Waals surface area contributed by atoms with E-state index in [1.807, 2.05) is 60.7 Å². The van der Waals surface area contributed by atoms with Crippen LogP contribution in [0.1, 0.15) is 17.2 Å². The largest absolute Gasteiger partial charge is 0.376 e. The summed E-state index contributed by atoms with van der Waals surface area (Å²) < 4.78 is 1.18. The first kappa shape index (κ1) is 18.4. The number of rotatable bonds is 6. The number of pyridine rings is 1. The molecule has 0 spiro atoms. The zero-order valence-corrected chi connectivity index (χ0v) is 15.4. The Morgan fingerprint density at radius 3 is 2.31 bits per heavy atom. The molecule has 29 heavy (non-hydrogen) atoms. The molecule has 1 N–H and O–H groups in total. The highest BCUT2D eigenvalue weighted by Crippen LogP contribution is 2.27. The highest BCUT2D eigenvalue weighted by Gasteiger charge is 2.26. The van der Waals surface area contributed by atoms with Gasteiger partial charge in [-0.2, -0.15) is 0 Å². The molecule has 4 rings (SSSR count). The molecule has 1 atom stereocenters. The number of fused-ring (bicyclic) bond motifs is 1. The van der Waals surface area contributed by atoms with Crippen molar-refractivity contribution in [1.29, 1.82) is 0 Å². The topological polar surface area (TPSA) is 89.5 Å². The summed E-state index contributed by atoms with van der Waals surface area (Å²) in [6, 6.07) is 24.1. The monoisotopic (exact) mass is 386 g/mol. The van der Waals surface area contributed by atoms with Gasteiger partial charge in [-0.1, -0.05) is 66.7 Å². The molecule has 0 amide bonds. The van der Waals surface area contributed by atoms with Crippen molar-refractivity contribution >= 4 is 17.2 Å². The van der Waals surface area contributed by atoms with E-state index >= 15 is 0 Å². The highest BCUT2D eigenvalue weighted by atomic mass is 16.6. The maximum atomic E-state index is 12.7. The summed E-state index contributed by atoms with van der Waals surface area (Å²) in [5.74, 6) is -0.0315. The van der Waals surface area contributed by atoms with Crippen LogP contribution < -0.4 is 10.9 Å². The number of hydrogen-bond donors (Lipinski definition) is 1. The predicted octanol–water partition coefficient (Wildman–Crippen LogP) is 4.00. The number of anilines is 1. The second kappa shape index (κ2) is 7.93. The molecule has 2 aromatic heterocycles. The Morgan fingerprint density at radius 1 is 0.966 bits per heavy atom. The zero-order valence-electron chi connectivity index (χ0n) is 15.4. The van der Waals surface area contributed by atoms with Crippen molar-refractivity contribution in [2.24, 2.45) is 0 Å². The first-order chi connectivity index (χ1) is 14.1. The van der Waals surface area contributed by atoms with E-state index in [0.29, 0.717) is 12.1 Å². The van der Waals surface area contributed by atoms with Crippen LogP contribution in [0.2, 0.25) is 0 Å². The molecular formula is C22H18N4O3. The molecule has 4 aromatic rings. The molecule has 0 aliphatic heterocycles. The van der Waals surface area contributed by atoms with Crippen LogP contribution in [0.4, 0.5) is 11.5 Å². The molecular weight excluding hydrogens is 368 g/mol. The van der Waals surface area contributed by atoms with Gasteiger partial charge in [-0.05, 0) is 29.7 Å². The molecule has 0 aliphatic rings. The SMILES string of the molecule is O=c1c([N+](=O)[O-])c(N[C@@H](Cc2ccccc2)c2ccccc2)nc2ccccn12. The minimum Gasteiger partial charge on any atom is -0.357 e. The number of nitrogens with one attached hydrogen (secondary N) is 1. The van der Waals surface area contributed by atoms with Crippen LogP contribution >= 0.6 is 0 Å². The van der Waals surface area contributed by atoms with Crippen LogP contribution in [0.3, 0.4) is 0 Å². The van der Waals surface area contributed by atoms with Gasteiger partial charge in [-0.25, -0.2) is 4.98 Å². The number of nitro groups is 1. The van der Waals surface area contributed by atoms with Gasteiger partial charge in [-0.15, -0.1) is 0 Å². The van der Waals surface area contributed by atoms with Crippen molar-refractivity contribution in [3.05, 3.63) is 117 Å². The van der Waals surface area contributed by atoms with Crippen molar-refractivity contribution in [1.82, 2.24) is 9.38 Å². The summed E-state index contributed by atoms with van der Waals surface area (Å²) in [7, 11) is 0. The fraction of sp³-hybridized carbons (Fsp3) is 0.0909. The van der Waals surface area contributed by atoms with E-state index < -0.39 is 16.2 Å². The maximum absolute atomic E-state index is 12.7. The standard InChI is InChI=1S/C22H18N4O3/c27-22-20(26(28)29)21(24-19-13-7-8-14-25(19)22)23-18(17-11-5-2-6-12-17)15-16-9-3-1-4-10-16/h1-14,18,23H,15H2/t18-/m0/s1. The second-order valence-electron chi connectivity index (χ2n) is 6.60. The molecule has 2 aromatic carbocycles. The Hall–Kier alpha value is -4.00. The van der Waals surface area contributed by atoms with Crippen LogP contribution in [0, 0.1) is 10.1 Å². The van der Waals surface area contributed by atoms with E-state index in [-0.39, 0.29) is 11.9 Å². The lowest BCUT2D eigenvalue weighted by Gasteiger charge is -2.20. The Kier molecular flexibility index (Phi) is 5.03. The van der Waals surface area contributed by atoms with Crippen molar-refractivity contribution in [3.63, 3.8) is 0 Å². The third-order valence-corrected chi connectivity index (χ3v) is 4.69. The van der Waals surface area contributed by atoms with Gasteiger partial charge < -0.3 is 5.32 Å². The predicted molar refractivity (Wildman–Crippen MR) is 111 cm³/mol.